The smallest absolute Gasteiger partial charge is 0.250 e. The molecule has 0 atom stereocenters. The molecule has 1 heterocycles. The highest BCUT2D eigenvalue weighted by Gasteiger charge is 2.00. The number of aryl methyl sites for hydroxylation is 1. The Morgan fingerprint density at radius 1 is 1.07 bits per heavy atom. The van der Waals surface area contributed by atoms with Crippen molar-refractivity contribution in [3.63, 3.8) is 0 Å². The van der Waals surface area contributed by atoms with Crippen molar-refractivity contribution in [2.75, 3.05) is 26.2 Å². The van der Waals surface area contributed by atoms with Gasteiger partial charge in [0, 0.05) is 31.4 Å². The van der Waals surface area contributed by atoms with Crippen LogP contribution >= 0.6 is 0 Å². The monoisotopic (exact) mass is 370 g/mol. The van der Waals surface area contributed by atoms with Crippen molar-refractivity contribution in [3.8, 4) is 5.75 Å². The third kappa shape index (κ3) is 7.56. The van der Waals surface area contributed by atoms with Crippen LogP contribution in [0.4, 0.5) is 0 Å². The second-order valence-corrected chi connectivity index (χ2v) is 6.21. The van der Waals surface area contributed by atoms with Gasteiger partial charge in [0.1, 0.15) is 12.4 Å². The molecule has 0 spiro atoms. The minimum absolute atomic E-state index is 0.0620. The third-order valence-electron chi connectivity index (χ3n) is 4.08. The number of aromatic nitrogens is 1. The summed E-state index contributed by atoms with van der Waals surface area (Å²) in [4.78, 5) is 16.4. The van der Waals surface area contributed by atoms with E-state index in [2.05, 4.69) is 15.6 Å². The van der Waals surface area contributed by atoms with Crippen molar-refractivity contribution < 1.29 is 4.74 Å². The summed E-state index contributed by atoms with van der Waals surface area (Å²) in [5, 5.41) is 6.51. The Morgan fingerprint density at radius 2 is 1.89 bits per heavy atom. The molecule has 0 aliphatic heterocycles. The molecule has 0 unspecified atom stereocenters. The van der Waals surface area contributed by atoms with Gasteiger partial charge in [-0.3, -0.25) is 9.79 Å². The summed E-state index contributed by atoms with van der Waals surface area (Å²) in [5.74, 6) is 1.66. The molecule has 0 radical (unpaired) electrons. The molecule has 0 saturated carbocycles. The number of hydrogen-bond acceptors (Lipinski definition) is 3. The van der Waals surface area contributed by atoms with E-state index < -0.39 is 0 Å². The molecule has 2 aromatic rings. The van der Waals surface area contributed by atoms with Crippen molar-refractivity contribution in [1.29, 1.82) is 0 Å². The predicted octanol–water partition coefficient (Wildman–Crippen LogP) is 2.57. The molecule has 0 bridgehead atoms. The van der Waals surface area contributed by atoms with Crippen LogP contribution in [0.3, 0.4) is 0 Å². The van der Waals surface area contributed by atoms with Gasteiger partial charge in [0.2, 0.25) is 0 Å². The van der Waals surface area contributed by atoms with E-state index in [1.807, 2.05) is 54.8 Å². The molecular formula is C21H30N4O2. The molecule has 2 N–H and O–H groups in total. The molecule has 1 aromatic carbocycles. The number of guanidine groups is 1. The number of hydrogen-bond donors (Lipinski definition) is 2. The van der Waals surface area contributed by atoms with E-state index in [4.69, 9.17) is 4.74 Å². The molecular weight excluding hydrogens is 340 g/mol. The largest absolute Gasteiger partial charge is 0.492 e. The van der Waals surface area contributed by atoms with Crippen LogP contribution in [-0.2, 0) is 6.54 Å². The van der Waals surface area contributed by atoms with Crippen LogP contribution in [0.5, 0.6) is 5.75 Å². The lowest BCUT2D eigenvalue weighted by Gasteiger charge is -2.12. The highest BCUT2D eigenvalue weighted by molar-refractivity contribution is 5.79. The Kier molecular flexibility index (Phi) is 8.96. The molecule has 0 fully saturated rings. The zero-order valence-electron chi connectivity index (χ0n) is 16.3. The first kappa shape index (κ1) is 20.6. The van der Waals surface area contributed by atoms with Crippen LogP contribution in [0, 0.1) is 6.92 Å². The van der Waals surface area contributed by atoms with Crippen molar-refractivity contribution >= 4 is 5.96 Å². The lowest BCUT2D eigenvalue weighted by atomic mass is 10.3. The Morgan fingerprint density at radius 3 is 2.63 bits per heavy atom. The van der Waals surface area contributed by atoms with Crippen LogP contribution in [0.1, 0.15) is 25.5 Å². The van der Waals surface area contributed by atoms with Gasteiger partial charge >= 0.3 is 0 Å². The lowest BCUT2D eigenvalue weighted by Crippen LogP contribution is -2.39. The topological polar surface area (TPSA) is 67.7 Å². The van der Waals surface area contributed by atoms with Gasteiger partial charge in [-0.15, -0.1) is 0 Å². The number of unbranched alkanes of at least 4 members (excludes halogenated alkanes) is 1. The summed E-state index contributed by atoms with van der Waals surface area (Å²) >= 11 is 0. The maximum Gasteiger partial charge on any atom is 0.250 e. The van der Waals surface area contributed by atoms with Crippen LogP contribution in [0.15, 0.2) is 58.3 Å². The molecule has 0 saturated heterocycles. The number of pyridine rings is 1. The van der Waals surface area contributed by atoms with Crippen molar-refractivity contribution in [1.82, 2.24) is 15.2 Å². The summed E-state index contributed by atoms with van der Waals surface area (Å²) in [6.45, 7) is 7.52. The third-order valence-corrected chi connectivity index (χ3v) is 4.08. The molecule has 27 heavy (non-hydrogen) atoms. The normalized spacial score (nSPS) is 11.3. The van der Waals surface area contributed by atoms with Gasteiger partial charge in [0.05, 0.1) is 6.54 Å². The van der Waals surface area contributed by atoms with E-state index >= 15 is 0 Å². The van der Waals surface area contributed by atoms with Gasteiger partial charge in [-0.05, 0) is 44.9 Å². The maximum absolute atomic E-state index is 11.8. The van der Waals surface area contributed by atoms with Crippen molar-refractivity contribution in [2.24, 2.45) is 4.99 Å². The van der Waals surface area contributed by atoms with E-state index in [9.17, 15) is 4.79 Å². The number of rotatable bonds is 10. The fourth-order valence-electron chi connectivity index (χ4n) is 2.68. The molecule has 0 aliphatic carbocycles. The fourth-order valence-corrected chi connectivity index (χ4v) is 2.68. The Bertz CT molecular complexity index is 756. The first-order chi connectivity index (χ1) is 13.2. The number of nitrogens with one attached hydrogen (secondary N) is 2. The number of nitrogens with zero attached hydrogens (tertiary/aromatic N) is 2. The van der Waals surface area contributed by atoms with E-state index in [-0.39, 0.29) is 5.56 Å². The first-order valence-electron chi connectivity index (χ1n) is 9.57. The molecule has 2 rings (SSSR count). The Balaban J connectivity index is 1.69. The average molecular weight is 370 g/mol. The number of aliphatic imine (C=N–C) groups is 1. The second-order valence-electron chi connectivity index (χ2n) is 6.21. The Hall–Kier alpha value is -2.76. The summed E-state index contributed by atoms with van der Waals surface area (Å²) in [6.07, 6.45) is 1.85. The molecule has 6 heteroatoms. The standard InChI is InChI=1S/C21H30N4O2/c1-3-22-21(24-15-17-27-19-11-5-4-6-12-19)23-14-7-8-16-25-18(2)10-9-13-20(25)26/h4-6,9-13H,3,7-8,14-17H2,1-2H3,(H2,22,23,24). The number of ether oxygens (including phenoxy) is 1. The van der Waals surface area contributed by atoms with Crippen LogP contribution in [0.2, 0.25) is 0 Å². The van der Waals surface area contributed by atoms with Gasteiger partial charge in [0.15, 0.2) is 5.96 Å². The minimum atomic E-state index is 0.0620. The molecule has 6 nitrogen and oxygen atoms in total. The van der Waals surface area contributed by atoms with Gasteiger partial charge in [-0.2, -0.15) is 0 Å². The van der Waals surface area contributed by atoms with E-state index in [1.165, 1.54) is 0 Å². The SMILES string of the molecule is CCNC(=NCCCCn1c(C)cccc1=O)NCCOc1ccccc1. The fraction of sp³-hybridized carbons (Fsp3) is 0.429. The lowest BCUT2D eigenvalue weighted by molar-refractivity contribution is 0.322. The first-order valence-corrected chi connectivity index (χ1v) is 9.57. The van der Waals surface area contributed by atoms with Crippen molar-refractivity contribution in [3.05, 3.63) is 64.6 Å². The van der Waals surface area contributed by atoms with Crippen LogP contribution < -0.4 is 20.9 Å². The van der Waals surface area contributed by atoms with E-state index in [0.717, 1.165) is 49.9 Å². The number of benzene rings is 1. The summed E-state index contributed by atoms with van der Waals surface area (Å²) < 4.78 is 7.48. The van der Waals surface area contributed by atoms with Gasteiger partial charge in [-0.1, -0.05) is 24.3 Å². The van der Waals surface area contributed by atoms with Gasteiger partial charge < -0.3 is 19.9 Å². The van der Waals surface area contributed by atoms with Crippen LogP contribution in [-0.4, -0.2) is 36.8 Å². The predicted molar refractivity (Wildman–Crippen MR) is 111 cm³/mol. The zero-order valence-corrected chi connectivity index (χ0v) is 16.3. The zero-order chi connectivity index (χ0) is 19.3. The van der Waals surface area contributed by atoms with Crippen LogP contribution in [0.25, 0.3) is 0 Å². The quantitative estimate of drug-likeness (QED) is 0.383. The molecule has 0 amide bonds. The molecule has 1 aromatic heterocycles. The second kappa shape index (κ2) is 11.8. The number of para-hydroxylation sites is 1. The molecule has 0 aliphatic rings. The van der Waals surface area contributed by atoms with Gasteiger partial charge in [0.25, 0.3) is 5.56 Å². The molecule has 146 valence electrons. The maximum atomic E-state index is 11.8. The van der Waals surface area contributed by atoms with E-state index in [1.54, 1.807) is 12.1 Å². The highest BCUT2D eigenvalue weighted by Crippen LogP contribution is 2.07. The van der Waals surface area contributed by atoms with Gasteiger partial charge in [-0.25, -0.2) is 0 Å². The average Bonchev–Trinajstić information content (AvgIpc) is 2.67. The van der Waals surface area contributed by atoms with Crippen molar-refractivity contribution in [2.45, 2.75) is 33.2 Å². The summed E-state index contributed by atoms with van der Waals surface area (Å²) in [7, 11) is 0. The highest BCUT2D eigenvalue weighted by atomic mass is 16.5. The summed E-state index contributed by atoms with van der Waals surface area (Å²) in [6, 6.07) is 15.1. The van der Waals surface area contributed by atoms with E-state index in [0.29, 0.717) is 13.2 Å². The summed E-state index contributed by atoms with van der Waals surface area (Å²) in [5.41, 5.74) is 1.06. The Labute approximate surface area is 161 Å². The minimum Gasteiger partial charge on any atom is -0.492 e.